The molecule has 13 heteroatoms. The molecule has 0 aliphatic rings. The van der Waals surface area contributed by atoms with Gasteiger partial charge in [0.25, 0.3) is 0 Å². The van der Waals surface area contributed by atoms with Crippen molar-refractivity contribution in [2.45, 2.75) is 39.0 Å². The van der Waals surface area contributed by atoms with E-state index in [9.17, 15) is 31.2 Å². The number of benzene rings is 3. The van der Waals surface area contributed by atoms with Gasteiger partial charge >= 0.3 is 6.18 Å². The van der Waals surface area contributed by atoms with Crippen molar-refractivity contribution in [2.75, 3.05) is 23.7 Å². The average Bonchev–Trinajstić information content (AvgIpc) is 2.92. The molecule has 0 spiro atoms. The zero-order chi connectivity index (χ0) is 31.9. The third-order valence-electron chi connectivity index (χ3n) is 6.45. The van der Waals surface area contributed by atoms with Crippen LogP contribution < -0.4 is 9.62 Å². The number of sulfonamides is 1. The van der Waals surface area contributed by atoms with E-state index < -0.39 is 46.2 Å². The van der Waals surface area contributed by atoms with Gasteiger partial charge in [0.15, 0.2) is 0 Å². The Morgan fingerprint density at radius 3 is 2.21 bits per heavy atom. The van der Waals surface area contributed by atoms with E-state index in [4.69, 9.17) is 23.2 Å². The smallest absolute Gasteiger partial charge is 0.354 e. The van der Waals surface area contributed by atoms with Gasteiger partial charge in [-0.25, -0.2) is 8.42 Å². The van der Waals surface area contributed by atoms with Gasteiger partial charge in [-0.15, -0.1) is 0 Å². The molecule has 0 saturated carbocycles. The third-order valence-corrected chi connectivity index (χ3v) is 8.18. The normalized spacial score (nSPS) is 12.6. The minimum absolute atomic E-state index is 0.0736. The van der Waals surface area contributed by atoms with Gasteiger partial charge in [0.05, 0.1) is 17.5 Å². The quantitative estimate of drug-likeness (QED) is 0.252. The van der Waals surface area contributed by atoms with Crippen LogP contribution in [0, 0.1) is 5.92 Å². The molecule has 0 aromatic heterocycles. The summed E-state index contributed by atoms with van der Waals surface area (Å²) >= 11 is 12.5. The number of rotatable bonds is 12. The number of carbonyl (C=O) groups excluding carboxylic acids is 2. The number of hydrogen-bond acceptors (Lipinski definition) is 4. The molecule has 3 aromatic carbocycles. The molecule has 1 unspecified atom stereocenters. The standard InChI is InChI=1S/C30H32Cl2F3N3O4S/c1-20(2)17-36-29(40)27(14-21-8-5-4-6-9-21)37(18-22-12-13-24(31)16-26(22)32)28(39)19-38(43(3,41)42)25-11-7-10-23(15-25)30(33,34)35/h4-13,15-16,20,27H,14,17-19H2,1-3H3,(H,36,40). The number of carbonyl (C=O) groups is 2. The van der Waals surface area contributed by atoms with Gasteiger partial charge in [0.2, 0.25) is 21.8 Å². The lowest BCUT2D eigenvalue weighted by Gasteiger charge is -2.34. The summed E-state index contributed by atoms with van der Waals surface area (Å²) in [5, 5.41) is 3.40. The molecule has 0 heterocycles. The summed E-state index contributed by atoms with van der Waals surface area (Å²) in [6.07, 6.45) is -3.88. The molecule has 2 amide bonds. The number of nitrogens with zero attached hydrogens (tertiary/aromatic N) is 2. The highest BCUT2D eigenvalue weighted by molar-refractivity contribution is 7.92. The van der Waals surface area contributed by atoms with Crippen LogP contribution in [0.2, 0.25) is 10.0 Å². The molecule has 1 N–H and O–H groups in total. The Kier molecular flexibility index (Phi) is 11.5. The molecule has 3 aromatic rings. The Morgan fingerprint density at radius 1 is 0.953 bits per heavy atom. The zero-order valence-electron chi connectivity index (χ0n) is 23.7. The fraction of sp³-hybridized carbons (Fsp3) is 0.333. The summed E-state index contributed by atoms with van der Waals surface area (Å²) in [6, 6.07) is 16.1. The number of halogens is 5. The molecule has 0 radical (unpaired) electrons. The lowest BCUT2D eigenvalue weighted by atomic mass is 10.0. The summed E-state index contributed by atoms with van der Waals surface area (Å²) in [6.45, 7) is 3.05. The van der Waals surface area contributed by atoms with E-state index in [1.165, 1.54) is 17.0 Å². The van der Waals surface area contributed by atoms with Gasteiger partial charge in [-0.05, 0) is 47.4 Å². The minimum atomic E-state index is -4.74. The molecular formula is C30H32Cl2F3N3O4S. The molecular weight excluding hydrogens is 626 g/mol. The van der Waals surface area contributed by atoms with Gasteiger partial charge < -0.3 is 10.2 Å². The Hall–Kier alpha value is -3.28. The van der Waals surface area contributed by atoms with Gasteiger partial charge in [0.1, 0.15) is 12.6 Å². The number of anilines is 1. The van der Waals surface area contributed by atoms with Crippen LogP contribution in [0.25, 0.3) is 0 Å². The van der Waals surface area contributed by atoms with Crippen molar-refractivity contribution >= 4 is 50.7 Å². The predicted octanol–water partition coefficient (Wildman–Crippen LogP) is 6.19. The first-order valence-electron chi connectivity index (χ1n) is 13.3. The number of nitrogens with one attached hydrogen (secondary N) is 1. The highest BCUT2D eigenvalue weighted by Gasteiger charge is 2.35. The largest absolute Gasteiger partial charge is 0.416 e. The van der Waals surface area contributed by atoms with Crippen LogP contribution in [-0.4, -0.2) is 50.5 Å². The maximum Gasteiger partial charge on any atom is 0.416 e. The van der Waals surface area contributed by atoms with Crippen molar-refractivity contribution in [1.29, 1.82) is 0 Å². The number of amides is 2. The second-order valence-electron chi connectivity index (χ2n) is 10.4. The highest BCUT2D eigenvalue weighted by Crippen LogP contribution is 2.32. The summed E-state index contributed by atoms with van der Waals surface area (Å²) in [7, 11) is -4.25. The van der Waals surface area contributed by atoms with Crippen LogP contribution in [0.5, 0.6) is 0 Å². The van der Waals surface area contributed by atoms with Crippen molar-refractivity contribution in [3.63, 3.8) is 0 Å². The van der Waals surface area contributed by atoms with E-state index in [1.54, 1.807) is 42.5 Å². The van der Waals surface area contributed by atoms with E-state index in [-0.39, 0.29) is 29.6 Å². The fourth-order valence-electron chi connectivity index (χ4n) is 4.26. The zero-order valence-corrected chi connectivity index (χ0v) is 26.1. The summed E-state index contributed by atoms with van der Waals surface area (Å²) in [5.41, 5.74) is -0.269. The van der Waals surface area contributed by atoms with Gasteiger partial charge in [-0.2, -0.15) is 13.2 Å². The molecule has 0 bridgehead atoms. The van der Waals surface area contributed by atoms with E-state index in [0.717, 1.165) is 24.0 Å². The molecule has 7 nitrogen and oxygen atoms in total. The molecule has 0 saturated heterocycles. The molecule has 0 aliphatic carbocycles. The first-order chi connectivity index (χ1) is 20.1. The van der Waals surface area contributed by atoms with Crippen molar-refractivity contribution in [1.82, 2.24) is 10.2 Å². The van der Waals surface area contributed by atoms with E-state index >= 15 is 0 Å². The van der Waals surface area contributed by atoms with Gasteiger partial charge in [0, 0.05) is 29.6 Å². The maximum absolute atomic E-state index is 14.1. The average molecular weight is 659 g/mol. The number of alkyl halides is 3. The molecule has 232 valence electrons. The van der Waals surface area contributed by atoms with Crippen molar-refractivity contribution in [2.24, 2.45) is 5.92 Å². The molecule has 1 atom stereocenters. The minimum Gasteiger partial charge on any atom is -0.354 e. The van der Waals surface area contributed by atoms with Gasteiger partial charge in [-0.3, -0.25) is 13.9 Å². The molecule has 0 fully saturated rings. The second-order valence-corrected chi connectivity index (χ2v) is 13.2. The van der Waals surface area contributed by atoms with Crippen molar-refractivity contribution in [3.8, 4) is 0 Å². The molecule has 3 rings (SSSR count). The topological polar surface area (TPSA) is 86.8 Å². The lowest BCUT2D eigenvalue weighted by molar-refractivity contribution is -0.140. The maximum atomic E-state index is 14.1. The van der Waals surface area contributed by atoms with Crippen LogP contribution in [0.1, 0.15) is 30.5 Å². The lowest BCUT2D eigenvalue weighted by Crippen LogP contribution is -2.53. The van der Waals surface area contributed by atoms with Crippen LogP contribution in [-0.2, 0) is 38.8 Å². The van der Waals surface area contributed by atoms with E-state index in [2.05, 4.69) is 5.32 Å². The summed E-state index contributed by atoms with van der Waals surface area (Å²) in [5.74, 6) is -1.21. The van der Waals surface area contributed by atoms with Crippen LogP contribution in [0.15, 0.2) is 72.8 Å². The van der Waals surface area contributed by atoms with E-state index in [1.807, 2.05) is 13.8 Å². The van der Waals surface area contributed by atoms with E-state index in [0.29, 0.717) is 27.5 Å². The van der Waals surface area contributed by atoms with Crippen molar-refractivity contribution < 1.29 is 31.2 Å². The van der Waals surface area contributed by atoms with Crippen molar-refractivity contribution in [3.05, 3.63) is 99.5 Å². The van der Waals surface area contributed by atoms with Crippen LogP contribution >= 0.6 is 23.2 Å². The fourth-order valence-corrected chi connectivity index (χ4v) is 5.57. The SMILES string of the molecule is CC(C)CNC(=O)C(Cc1ccccc1)N(Cc1ccc(Cl)cc1Cl)C(=O)CN(c1cccc(C(F)(F)F)c1)S(C)(=O)=O. The van der Waals surface area contributed by atoms with Crippen LogP contribution in [0.4, 0.5) is 18.9 Å². The van der Waals surface area contributed by atoms with Crippen LogP contribution in [0.3, 0.4) is 0 Å². The highest BCUT2D eigenvalue weighted by atomic mass is 35.5. The first kappa shape index (κ1) is 34.2. The second kappa shape index (κ2) is 14.5. The Labute approximate surface area is 259 Å². The van der Waals surface area contributed by atoms with Gasteiger partial charge in [-0.1, -0.05) is 79.5 Å². The Morgan fingerprint density at radius 2 is 1.63 bits per heavy atom. The monoisotopic (exact) mass is 657 g/mol. The summed E-state index contributed by atoms with van der Waals surface area (Å²) < 4.78 is 66.6. The summed E-state index contributed by atoms with van der Waals surface area (Å²) in [4.78, 5) is 28.9. The Balaban J connectivity index is 2.10. The first-order valence-corrected chi connectivity index (χ1v) is 15.9. The molecule has 0 aliphatic heterocycles. The molecule has 43 heavy (non-hydrogen) atoms. The Bertz CT molecular complexity index is 1540. The third kappa shape index (κ3) is 9.87. The number of hydrogen-bond donors (Lipinski definition) is 1. The predicted molar refractivity (Wildman–Crippen MR) is 162 cm³/mol.